The van der Waals surface area contributed by atoms with Crippen LogP contribution < -0.4 is 14.4 Å². The molecule has 0 radical (unpaired) electrons. The Morgan fingerprint density at radius 3 is 2.57 bits per heavy atom. The van der Waals surface area contributed by atoms with Crippen molar-refractivity contribution in [2.24, 2.45) is 0 Å². The third-order valence-corrected chi connectivity index (χ3v) is 6.91. The van der Waals surface area contributed by atoms with E-state index in [1.54, 1.807) is 73.8 Å². The summed E-state index contributed by atoms with van der Waals surface area (Å²) in [6.45, 7) is 0.400. The third kappa shape index (κ3) is 3.89. The maximum Gasteiger partial charge on any atom is 0.264 e. The molecule has 154 valence electrons. The molecule has 0 spiro atoms. The second-order valence-electron chi connectivity index (χ2n) is 7.02. The molecule has 4 rings (SSSR count). The molecule has 1 aliphatic rings. The van der Waals surface area contributed by atoms with Crippen molar-refractivity contribution in [2.75, 3.05) is 23.3 Å². The molecule has 0 atom stereocenters. The Kier molecular flexibility index (Phi) is 5.46. The minimum atomic E-state index is -3.68. The van der Waals surface area contributed by atoms with E-state index >= 15 is 0 Å². The lowest BCUT2D eigenvalue weighted by Crippen LogP contribution is -2.35. The number of ether oxygens (including phenoxy) is 1. The number of sulfonamides is 1. The summed E-state index contributed by atoms with van der Waals surface area (Å²) in [5.74, 6) is 0.301. The Labute approximate surface area is 176 Å². The molecule has 6 nitrogen and oxygen atoms in total. The lowest BCUT2D eigenvalue weighted by molar-refractivity contribution is 0.102. The molecule has 1 aliphatic heterocycles. The van der Waals surface area contributed by atoms with Crippen LogP contribution in [-0.2, 0) is 16.4 Å². The van der Waals surface area contributed by atoms with Crippen LogP contribution in [0.3, 0.4) is 0 Å². The Hall–Kier alpha value is -3.32. The molecule has 0 saturated carbocycles. The first-order chi connectivity index (χ1) is 14.5. The first kappa shape index (κ1) is 20.0. The first-order valence-electron chi connectivity index (χ1n) is 9.65. The highest BCUT2D eigenvalue weighted by molar-refractivity contribution is 7.92. The van der Waals surface area contributed by atoms with Crippen molar-refractivity contribution in [1.29, 1.82) is 0 Å². The van der Waals surface area contributed by atoms with E-state index in [1.165, 1.54) is 4.31 Å². The fraction of sp³-hybridized carbons (Fsp3) is 0.174. The van der Waals surface area contributed by atoms with Crippen molar-refractivity contribution >= 4 is 27.3 Å². The van der Waals surface area contributed by atoms with Gasteiger partial charge < -0.3 is 10.1 Å². The van der Waals surface area contributed by atoms with E-state index in [4.69, 9.17) is 4.74 Å². The van der Waals surface area contributed by atoms with E-state index in [1.807, 2.05) is 6.07 Å². The largest absolute Gasteiger partial charge is 0.497 e. The van der Waals surface area contributed by atoms with Crippen molar-refractivity contribution in [3.05, 3.63) is 83.9 Å². The number of anilines is 2. The van der Waals surface area contributed by atoms with Gasteiger partial charge in [0, 0.05) is 17.8 Å². The van der Waals surface area contributed by atoms with Gasteiger partial charge in [-0.2, -0.15) is 0 Å². The summed E-state index contributed by atoms with van der Waals surface area (Å²) in [6.07, 6.45) is 1.54. The van der Waals surface area contributed by atoms with Gasteiger partial charge in [-0.3, -0.25) is 9.10 Å². The van der Waals surface area contributed by atoms with Gasteiger partial charge >= 0.3 is 0 Å². The number of methoxy groups -OCH3 is 1. The lowest BCUT2D eigenvalue weighted by Gasteiger charge is -2.31. The van der Waals surface area contributed by atoms with E-state index in [2.05, 4.69) is 5.32 Å². The Balaban J connectivity index is 1.65. The van der Waals surface area contributed by atoms with Gasteiger partial charge in [0.25, 0.3) is 15.9 Å². The Bertz CT molecular complexity index is 1180. The highest BCUT2D eigenvalue weighted by atomic mass is 32.2. The van der Waals surface area contributed by atoms with Crippen LogP contribution in [-0.4, -0.2) is 28.0 Å². The number of benzene rings is 3. The molecule has 3 aromatic rings. The summed E-state index contributed by atoms with van der Waals surface area (Å²) < 4.78 is 33.0. The van der Waals surface area contributed by atoms with E-state index in [0.717, 1.165) is 18.4 Å². The summed E-state index contributed by atoms with van der Waals surface area (Å²) in [5, 5.41) is 2.86. The molecule has 0 aliphatic carbocycles. The molecular weight excluding hydrogens is 400 g/mol. The van der Waals surface area contributed by atoms with Crippen LogP contribution in [0.25, 0.3) is 0 Å². The second-order valence-corrected chi connectivity index (χ2v) is 8.89. The first-order valence-corrected chi connectivity index (χ1v) is 11.1. The number of hydrogen-bond acceptors (Lipinski definition) is 4. The van der Waals surface area contributed by atoms with Crippen molar-refractivity contribution < 1.29 is 17.9 Å². The summed E-state index contributed by atoms with van der Waals surface area (Å²) in [4.78, 5) is 12.9. The number of nitrogens with zero attached hydrogens (tertiary/aromatic N) is 1. The topological polar surface area (TPSA) is 75.7 Å². The quantitative estimate of drug-likeness (QED) is 0.672. The standard InChI is InChI=1S/C23H22N2O4S/c1-29-20-9-5-7-18(15-20)23(26)24-19-13-12-17-8-6-14-25(22(17)16-19)30(27,28)21-10-3-2-4-11-21/h2-5,7,9-13,15-16H,6,8,14H2,1H3,(H,24,26). The number of carbonyl (C=O) groups excluding carboxylic acids is 1. The minimum absolute atomic E-state index is 0.253. The maximum absolute atomic E-state index is 13.2. The van der Waals surface area contributed by atoms with Crippen LogP contribution >= 0.6 is 0 Å². The van der Waals surface area contributed by atoms with Crippen LogP contribution in [0.15, 0.2) is 77.7 Å². The van der Waals surface area contributed by atoms with Crippen molar-refractivity contribution in [1.82, 2.24) is 0 Å². The fourth-order valence-corrected chi connectivity index (χ4v) is 5.11. The minimum Gasteiger partial charge on any atom is -0.497 e. The lowest BCUT2D eigenvalue weighted by atomic mass is 10.0. The zero-order valence-electron chi connectivity index (χ0n) is 16.5. The van der Waals surface area contributed by atoms with Crippen LogP contribution in [0.2, 0.25) is 0 Å². The molecule has 0 aromatic heterocycles. The van der Waals surface area contributed by atoms with Crippen LogP contribution in [0, 0.1) is 0 Å². The molecule has 1 amide bonds. The van der Waals surface area contributed by atoms with Gasteiger partial charge in [-0.25, -0.2) is 8.42 Å². The smallest absolute Gasteiger partial charge is 0.264 e. The summed E-state index contributed by atoms with van der Waals surface area (Å²) in [6, 6.07) is 20.7. The van der Waals surface area contributed by atoms with Crippen LogP contribution in [0.5, 0.6) is 5.75 Å². The zero-order chi connectivity index (χ0) is 21.1. The number of amides is 1. The number of fused-ring (bicyclic) bond motifs is 1. The molecular formula is C23H22N2O4S. The summed E-state index contributed by atoms with van der Waals surface area (Å²) >= 11 is 0. The van der Waals surface area contributed by atoms with Gasteiger partial charge in [0.2, 0.25) is 0 Å². The average molecular weight is 423 g/mol. The highest BCUT2D eigenvalue weighted by Crippen LogP contribution is 2.34. The molecule has 0 fully saturated rings. The molecule has 1 heterocycles. The predicted molar refractivity (Wildman–Crippen MR) is 117 cm³/mol. The van der Waals surface area contributed by atoms with E-state index < -0.39 is 10.0 Å². The Morgan fingerprint density at radius 1 is 1.00 bits per heavy atom. The van der Waals surface area contributed by atoms with E-state index in [-0.39, 0.29) is 10.8 Å². The van der Waals surface area contributed by atoms with Crippen LogP contribution in [0.1, 0.15) is 22.3 Å². The summed E-state index contributed by atoms with van der Waals surface area (Å²) in [5.41, 5.74) is 2.55. The molecule has 3 aromatic carbocycles. The number of carbonyl (C=O) groups is 1. The number of nitrogens with one attached hydrogen (secondary N) is 1. The predicted octanol–water partition coefficient (Wildman–Crippen LogP) is 4.09. The van der Waals surface area contributed by atoms with Gasteiger partial charge in [-0.05, 0) is 60.9 Å². The number of hydrogen-bond donors (Lipinski definition) is 1. The van der Waals surface area contributed by atoms with Gasteiger partial charge in [0.05, 0.1) is 17.7 Å². The van der Waals surface area contributed by atoms with Gasteiger partial charge in [0.15, 0.2) is 0 Å². The molecule has 30 heavy (non-hydrogen) atoms. The van der Waals surface area contributed by atoms with E-state index in [0.29, 0.717) is 29.2 Å². The van der Waals surface area contributed by atoms with Crippen LogP contribution in [0.4, 0.5) is 11.4 Å². The van der Waals surface area contributed by atoms with Gasteiger partial charge in [-0.1, -0.05) is 30.3 Å². The number of rotatable bonds is 5. The SMILES string of the molecule is COc1cccc(C(=O)Nc2ccc3c(c2)N(S(=O)(=O)c2ccccc2)CCC3)c1. The zero-order valence-corrected chi connectivity index (χ0v) is 17.4. The van der Waals surface area contributed by atoms with Crippen molar-refractivity contribution in [3.63, 3.8) is 0 Å². The third-order valence-electron chi connectivity index (χ3n) is 5.08. The van der Waals surface area contributed by atoms with Gasteiger partial charge in [-0.15, -0.1) is 0 Å². The van der Waals surface area contributed by atoms with E-state index in [9.17, 15) is 13.2 Å². The fourth-order valence-electron chi connectivity index (χ4n) is 3.56. The molecule has 7 heteroatoms. The normalized spacial score (nSPS) is 13.4. The second kappa shape index (κ2) is 8.20. The highest BCUT2D eigenvalue weighted by Gasteiger charge is 2.29. The maximum atomic E-state index is 13.2. The summed E-state index contributed by atoms with van der Waals surface area (Å²) in [7, 11) is -2.13. The molecule has 0 bridgehead atoms. The van der Waals surface area contributed by atoms with Gasteiger partial charge in [0.1, 0.15) is 5.75 Å². The van der Waals surface area contributed by atoms with Crippen molar-refractivity contribution in [2.45, 2.75) is 17.7 Å². The number of aryl methyl sites for hydroxylation is 1. The molecule has 0 unspecified atom stereocenters. The molecule has 1 N–H and O–H groups in total. The van der Waals surface area contributed by atoms with Crippen molar-refractivity contribution in [3.8, 4) is 5.75 Å². The monoisotopic (exact) mass is 422 g/mol. The Morgan fingerprint density at radius 2 is 1.80 bits per heavy atom. The molecule has 0 saturated heterocycles. The average Bonchev–Trinajstić information content (AvgIpc) is 2.79.